The molecule has 3 atom stereocenters. The number of nitrogens with zero attached hydrogens (tertiary/aromatic N) is 1. The minimum absolute atomic E-state index is 0.103. The van der Waals surface area contributed by atoms with E-state index in [1.165, 1.54) is 0 Å². The smallest absolute Gasteiger partial charge is 0.311 e. The number of carbonyl (C=O) groups is 1. The Bertz CT molecular complexity index is 532. The van der Waals surface area contributed by atoms with E-state index in [1.54, 1.807) is 7.11 Å². The van der Waals surface area contributed by atoms with E-state index in [4.69, 9.17) is 4.74 Å². The summed E-state index contributed by atoms with van der Waals surface area (Å²) in [6.07, 6.45) is 0.983. The van der Waals surface area contributed by atoms with E-state index in [9.17, 15) is 9.90 Å². The zero-order chi connectivity index (χ0) is 14.3. The zero-order valence-corrected chi connectivity index (χ0v) is 11.8. The van der Waals surface area contributed by atoms with Gasteiger partial charge in [-0.1, -0.05) is 0 Å². The molecule has 2 aliphatic heterocycles. The van der Waals surface area contributed by atoms with Crippen LogP contribution in [0.4, 0.5) is 5.69 Å². The topological polar surface area (TPSA) is 61.8 Å². The summed E-state index contributed by atoms with van der Waals surface area (Å²) >= 11 is 0. The highest BCUT2D eigenvalue weighted by Gasteiger charge is 2.43. The molecule has 0 radical (unpaired) electrons. The third-order valence-corrected chi connectivity index (χ3v) is 4.49. The van der Waals surface area contributed by atoms with Crippen LogP contribution in [-0.4, -0.2) is 49.3 Å². The number of aliphatic carboxylic acids is 1. The second kappa shape index (κ2) is 4.98. The van der Waals surface area contributed by atoms with Gasteiger partial charge in [0.25, 0.3) is 0 Å². The van der Waals surface area contributed by atoms with Crippen molar-refractivity contribution in [1.29, 1.82) is 0 Å². The Morgan fingerprint density at radius 2 is 2.30 bits per heavy atom. The number of piperidine rings is 1. The quantitative estimate of drug-likeness (QED) is 0.859. The second-order valence-electron chi connectivity index (χ2n) is 5.73. The first-order valence-electron chi connectivity index (χ1n) is 6.96. The molecule has 1 aromatic rings. The average Bonchev–Trinajstić information content (AvgIpc) is 2.43. The monoisotopic (exact) mass is 276 g/mol. The van der Waals surface area contributed by atoms with Gasteiger partial charge in [-0.2, -0.15) is 0 Å². The first-order valence-corrected chi connectivity index (χ1v) is 6.96. The predicted octanol–water partition coefficient (Wildman–Crippen LogP) is 1.61. The molecule has 0 aromatic heterocycles. The number of carboxylic acids is 1. The molecule has 0 bridgehead atoms. The van der Waals surface area contributed by atoms with Crippen LogP contribution >= 0.6 is 0 Å². The molecule has 2 N–H and O–H groups in total. The Morgan fingerprint density at radius 1 is 1.50 bits per heavy atom. The van der Waals surface area contributed by atoms with Crippen LogP contribution in [0.2, 0.25) is 0 Å². The lowest BCUT2D eigenvalue weighted by Crippen LogP contribution is -2.51. The summed E-state index contributed by atoms with van der Waals surface area (Å²) < 4.78 is 5.23. The van der Waals surface area contributed by atoms with Crippen LogP contribution in [0, 0.1) is 5.92 Å². The number of ether oxygens (including phenoxy) is 1. The van der Waals surface area contributed by atoms with Gasteiger partial charge in [-0.3, -0.25) is 4.79 Å². The number of anilines is 1. The number of rotatable bonds is 2. The maximum absolute atomic E-state index is 11.8. The summed E-state index contributed by atoms with van der Waals surface area (Å²) in [6.45, 7) is 1.82. The van der Waals surface area contributed by atoms with Crippen molar-refractivity contribution in [2.75, 3.05) is 32.6 Å². The van der Waals surface area contributed by atoms with Gasteiger partial charge in [0.15, 0.2) is 0 Å². The van der Waals surface area contributed by atoms with Crippen molar-refractivity contribution in [3.05, 3.63) is 23.8 Å². The molecule has 3 unspecified atom stereocenters. The molecule has 20 heavy (non-hydrogen) atoms. The van der Waals surface area contributed by atoms with Gasteiger partial charge in [0, 0.05) is 24.2 Å². The van der Waals surface area contributed by atoms with Crippen LogP contribution in [0.1, 0.15) is 17.9 Å². The third-order valence-electron chi connectivity index (χ3n) is 4.49. The highest BCUT2D eigenvalue weighted by molar-refractivity contribution is 5.81. The fourth-order valence-corrected chi connectivity index (χ4v) is 3.47. The van der Waals surface area contributed by atoms with Gasteiger partial charge in [-0.05, 0) is 43.8 Å². The van der Waals surface area contributed by atoms with Crippen LogP contribution in [0.15, 0.2) is 18.2 Å². The lowest BCUT2D eigenvalue weighted by Gasteiger charge is -2.44. The van der Waals surface area contributed by atoms with E-state index in [-0.39, 0.29) is 12.0 Å². The number of benzene rings is 1. The van der Waals surface area contributed by atoms with Crippen molar-refractivity contribution in [3.63, 3.8) is 0 Å². The van der Waals surface area contributed by atoms with Crippen molar-refractivity contribution in [2.24, 2.45) is 5.92 Å². The molecule has 1 aromatic carbocycles. The van der Waals surface area contributed by atoms with Crippen LogP contribution in [0.3, 0.4) is 0 Å². The Labute approximate surface area is 118 Å². The van der Waals surface area contributed by atoms with E-state index in [0.717, 1.165) is 30.8 Å². The Balaban J connectivity index is 2.04. The van der Waals surface area contributed by atoms with Crippen LogP contribution < -0.4 is 10.1 Å². The lowest BCUT2D eigenvalue weighted by molar-refractivity contribution is -0.141. The summed E-state index contributed by atoms with van der Waals surface area (Å²) in [7, 11) is 3.65. The molecular formula is C15H20N2O3. The van der Waals surface area contributed by atoms with Crippen molar-refractivity contribution in [2.45, 2.75) is 18.4 Å². The predicted molar refractivity (Wildman–Crippen MR) is 76.4 cm³/mol. The molecule has 1 fully saturated rings. The minimum atomic E-state index is -0.744. The molecule has 0 amide bonds. The molecule has 0 saturated carbocycles. The molecule has 0 spiro atoms. The molecule has 1 saturated heterocycles. The zero-order valence-electron chi connectivity index (χ0n) is 11.8. The number of hydrogen-bond donors (Lipinski definition) is 2. The number of likely N-dealkylation sites (tertiary alicyclic amines) is 1. The van der Waals surface area contributed by atoms with Gasteiger partial charge in [0.1, 0.15) is 5.75 Å². The van der Waals surface area contributed by atoms with E-state index in [0.29, 0.717) is 5.75 Å². The van der Waals surface area contributed by atoms with E-state index in [1.807, 2.05) is 18.2 Å². The number of carboxylic acid groups (broad SMARTS) is 1. The fourth-order valence-electron chi connectivity index (χ4n) is 3.47. The molecule has 3 rings (SSSR count). The highest BCUT2D eigenvalue weighted by atomic mass is 16.5. The van der Waals surface area contributed by atoms with Crippen molar-refractivity contribution in [1.82, 2.24) is 4.90 Å². The maximum Gasteiger partial charge on any atom is 0.311 e. The second-order valence-corrected chi connectivity index (χ2v) is 5.73. The number of nitrogens with one attached hydrogen (secondary N) is 1. The van der Waals surface area contributed by atoms with Gasteiger partial charge in [-0.25, -0.2) is 0 Å². The van der Waals surface area contributed by atoms with Gasteiger partial charge >= 0.3 is 5.97 Å². The van der Waals surface area contributed by atoms with Crippen LogP contribution in [0.25, 0.3) is 0 Å². The van der Waals surface area contributed by atoms with Crippen molar-refractivity contribution >= 4 is 11.7 Å². The Morgan fingerprint density at radius 3 is 3.00 bits per heavy atom. The van der Waals surface area contributed by atoms with Gasteiger partial charge < -0.3 is 20.1 Å². The van der Waals surface area contributed by atoms with E-state index >= 15 is 0 Å². The van der Waals surface area contributed by atoms with Crippen LogP contribution in [0.5, 0.6) is 5.75 Å². The highest BCUT2D eigenvalue weighted by Crippen LogP contribution is 2.42. The molecule has 108 valence electrons. The third kappa shape index (κ3) is 2.12. The molecule has 2 aliphatic rings. The number of hydrogen-bond acceptors (Lipinski definition) is 4. The van der Waals surface area contributed by atoms with Crippen molar-refractivity contribution in [3.8, 4) is 5.75 Å². The fraction of sp³-hybridized carbons (Fsp3) is 0.533. The van der Waals surface area contributed by atoms with Gasteiger partial charge in [0.2, 0.25) is 0 Å². The molecule has 5 heteroatoms. The summed E-state index contributed by atoms with van der Waals surface area (Å²) in [5.41, 5.74) is 1.78. The summed E-state index contributed by atoms with van der Waals surface area (Å²) in [6, 6.07) is 5.90. The Kier molecular flexibility index (Phi) is 3.30. The summed E-state index contributed by atoms with van der Waals surface area (Å²) in [4.78, 5) is 14.0. The number of fused-ring (bicyclic) bond motifs is 2. The summed E-state index contributed by atoms with van der Waals surface area (Å²) in [5.74, 6) is -0.398. The first-order chi connectivity index (χ1) is 9.60. The standard InChI is InChI=1S/C15H20N2O3/c1-17-6-5-13-11(8-17)14(15(18)19)10-7-9(20-2)3-4-12(10)16-13/h3-4,7,11,13-14,16H,5-6,8H2,1-2H3,(H,18,19). The van der Waals surface area contributed by atoms with E-state index < -0.39 is 11.9 Å². The molecular weight excluding hydrogens is 256 g/mol. The van der Waals surface area contributed by atoms with Crippen molar-refractivity contribution < 1.29 is 14.6 Å². The molecule has 0 aliphatic carbocycles. The van der Waals surface area contributed by atoms with Gasteiger partial charge in [-0.15, -0.1) is 0 Å². The number of methoxy groups -OCH3 is 1. The normalized spacial score (nSPS) is 29.0. The van der Waals surface area contributed by atoms with Crippen LogP contribution in [-0.2, 0) is 4.79 Å². The average molecular weight is 276 g/mol. The minimum Gasteiger partial charge on any atom is -0.497 e. The summed E-state index contributed by atoms with van der Waals surface area (Å²) in [5, 5.41) is 13.2. The van der Waals surface area contributed by atoms with E-state index in [2.05, 4.69) is 17.3 Å². The lowest BCUT2D eigenvalue weighted by atomic mass is 9.74. The maximum atomic E-state index is 11.8. The Hall–Kier alpha value is -1.75. The molecule has 5 nitrogen and oxygen atoms in total. The first kappa shape index (κ1) is 13.2. The largest absolute Gasteiger partial charge is 0.497 e. The van der Waals surface area contributed by atoms with Gasteiger partial charge in [0.05, 0.1) is 13.0 Å². The molecule has 2 heterocycles. The SMILES string of the molecule is COc1ccc2c(c1)C(C(=O)O)C1CN(C)CCC1N2.